The van der Waals surface area contributed by atoms with E-state index in [-0.39, 0.29) is 24.0 Å². The van der Waals surface area contributed by atoms with Crippen LogP contribution in [0.4, 0.5) is 0 Å². The molecule has 138 valence electrons. The number of hydrogen-bond acceptors (Lipinski definition) is 3. The van der Waals surface area contributed by atoms with Gasteiger partial charge in [0.25, 0.3) is 0 Å². The average Bonchev–Trinajstić information content (AvgIpc) is 2.98. The molecule has 1 heterocycles. The van der Waals surface area contributed by atoms with Crippen molar-refractivity contribution in [1.29, 1.82) is 0 Å². The minimum absolute atomic E-state index is 0. The lowest BCUT2D eigenvalue weighted by atomic mass is 10.1. The Kier molecular flexibility index (Phi) is 11.1. The van der Waals surface area contributed by atoms with Crippen molar-refractivity contribution in [2.24, 2.45) is 4.99 Å². The summed E-state index contributed by atoms with van der Waals surface area (Å²) in [7, 11) is 0. The predicted molar refractivity (Wildman–Crippen MR) is 120 cm³/mol. The van der Waals surface area contributed by atoms with Crippen LogP contribution in [0.15, 0.2) is 34.6 Å². The van der Waals surface area contributed by atoms with Crippen LogP contribution in [0.5, 0.6) is 0 Å². The first-order chi connectivity index (χ1) is 11.7. The van der Waals surface area contributed by atoms with Crippen LogP contribution >= 0.6 is 46.9 Å². The first-order valence-electron chi connectivity index (χ1n) is 8.35. The van der Waals surface area contributed by atoms with Crippen LogP contribution in [-0.4, -0.2) is 30.6 Å². The van der Waals surface area contributed by atoms with Gasteiger partial charge in [-0.25, -0.2) is 4.98 Å². The van der Waals surface area contributed by atoms with Crippen LogP contribution in [-0.2, 0) is 12.8 Å². The summed E-state index contributed by atoms with van der Waals surface area (Å²) in [6.45, 7) is 6.61. The number of halogens is 2. The number of hydrogen-bond donors (Lipinski definition) is 2. The van der Waals surface area contributed by atoms with Crippen molar-refractivity contribution in [1.82, 2.24) is 15.6 Å². The number of aliphatic imine (C=N–C) groups is 1. The first kappa shape index (κ1) is 22.2. The Morgan fingerprint density at radius 2 is 1.96 bits per heavy atom. The molecular weight excluding hydrogens is 467 g/mol. The summed E-state index contributed by atoms with van der Waals surface area (Å²) < 4.78 is 0. The minimum atomic E-state index is 0. The monoisotopic (exact) mass is 492 g/mol. The van der Waals surface area contributed by atoms with E-state index in [2.05, 4.69) is 45.0 Å². The van der Waals surface area contributed by atoms with Crippen LogP contribution in [0.25, 0.3) is 0 Å². The number of guanidine groups is 1. The molecule has 25 heavy (non-hydrogen) atoms. The second-order valence-electron chi connectivity index (χ2n) is 5.53. The maximum atomic E-state index is 5.90. The Morgan fingerprint density at radius 1 is 1.20 bits per heavy atom. The van der Waals surface area contributed by atoms with Gasteiger partial charge in [0.05, 0.1) is 10.7 Å². The van der Waals surface area contributed by atoms with Crippen molar-refractivity contribution in [2.45, 2.75) is 33.1 Å². The molecule has 7 heteroatoms. The van der Waals surface area contributed by atoms with Gasteiger partial charge in [0, 0.05) is 36.5 Å². The summed E-state index contributed by atoms with van der Waals surface area (Å²) >= 11 is 7.60. The molecule has 0 radical (unpaired) electrons. The van der Waals surface area contributed by atoms with Crippen molar-refractivity contribution < 1.29 is 0 Å². The molecule has 0 saturated carbocycles. The van der Waals surface area contributed by atoms with Gasteiger partial charge < -0.3 is 10.6 Å². The lowest BCUT2D eigenvalue weighted by Crippen LogP contribution is -2.38. The van der Waals surface area contributed by atoms with Crippen molar-refractivity contribution >= 4 is 52.9 Å². The van der Waals surface area contributed by atoms with Gasteiger partial charge in [0.15, 0.2) is 5.96 Å². The molecule has 0 bridgehead atoms. The van der Waals surface area contributed by atoms with Gasteiger partial charge >= 0.3 is 0 Å². The second-order valence-corrected chi connectivity index (χ2v) is 7.02. The lowest BCUT2D eigenvalue weighted by Gasteiger charge is -2.10. The highest BCUT2D eigenvalue weighted by Gasteiger charge is 2.00. The SMILES string of the molecule is CCNC(=NCCCc1ccc(Cl)cc1)NCCc1csc(C)n1.I. The van der Waals surface area contributed by atoms with E-state index in [1.54, 1.807) is 11.3 Å². The second kappa shape index (κ2) is 12.5. The summed E-state index contributed by atoms with van der Waals surface area (Å²) in [5, 5.41) is 10.7. The molecule has 2 rings (SSSR count). The number of nitrogens with zero attached hydrogens (tertiary/aromatic N) is 2. The van der Waals surface area contributed by atoms with Crippen molar-refractivity contribution in [3.8, 4) is 0 Å². The largest absolute Gasteiger partial charge is 0.357 e. The fourth-order valence-corrected chi connectivity index (χ4v) is 3.07. The molecule has 1 aromatic heterocycles. The number of rotatable bonds is 8. The summed E-state index contributed by atoms with van der Waals surface area (Å²) in [5.41, 5.74) is 2.44. The van der Waals surface area contributed by atoms with E-state index in [1.807, 2.05) is 19.1 Å². The van der Waals surface area contributed by atoms with Crippen LogP contribution in [0, 0.1) is 6.92 Å². The number of benzene rings is 1. The summed E-state index contributed by atoms with van der Waals surface area (Å²) in [5.74, 6) is 0.876. The van der Waals surface area contributed by atoms with E-state index >= 15 is 0 Å². The highest BCUT2D eigenvalue weighted by molar-refractivity contribution is 14.0. The van der Waals surface area contributed by atoms with Crippen molar-refractivity contribution in [3.05, 3.63) is 50.9 Å². The van der Waals surface area contributed by atoms with E-state index < -0.39 is 0 Å². The quantitative estimate of drug-likeness (QED) is 0.248. The molecule has 0 aliphatic heterocycles. The highest BCUT2D eigenvalue weighted by Crippen LogP contribution is 2.11. The normalized spacial score (nSPS) is 11.1. The molecule has 0 aliphatic carbocycles. The molecule has 0 amide bonds. The number of aromatic nitrogens is 1. The van der Waals surface area contributed by atoms with E-state index in [9.17, 15) is 0 Å². The number of nitrogens with one attached hydrogen (secondary N) is 2. The van der Waals surface area contributed by atoms with Crippen LogP contribution in [0.1, 0.15) is 29.6 Å². The number of aryl methyl sites for hydroxylation is 2. The van der Waals surface area contributed by atoms with Gasteiger partial charge in [0.2, 0.25) is 0 Å². The Bertz CT molecular complexity index is 643. The Labute approximate surface area is 176 Å². The molecule has 4 nitrogen and oxygen atoms in total. The summed E-state index contributed by atoms with van der Waals surface area (Å²) in [6, 6.07) is 8.02. The molecule has 2 aromatic rings. The van der Waals surface area contributed by atoms with Gasteiger partial charge in [0.1, 0.15) is 0 Å². The van der Waals surface area contributed by atoms with E-state index in [4.69, 9.17) is 11.6 Å². The van der Waals surface area contributed by atoms with E-state index in [1.165, 1.54) is 5.56 Å². The van der Waals surface area contributed by atoms with E-state index in [0.29, 0.717) is 0 Å². The van der Waals surface area contributed by atoms with E-state index in [0.717, 1.165) is 60.6 Å². The van der Waals surface area contributed by atoms with Crippen LogP contribution in [0.3, 0.4) is 0 Å². The zero-order chi connectivity index (χ0) is 17.2. The first-order valence-corrected chi connectivity index (χ1v) is 9.60. The fraction of sp³-hybridized carbons (Fsp3) is 0.444. The third-order valence-electron chi connectivity index (χ3n) is 3.49. The third kappa shape index (κ3) is 8.87. The molecule has 0 aliphatic rings. The van der Waals surface area contributed by atoms with Gasteiger partial charge in [-0.05, 0) is 44.4 Å². The Morgan fingerprint density at radius 3 is 2.60 bits per heavy atom. The molecule has 0 atom stereocenters. The minimum Gasteiger partial charge on any atom is -0.357 e. The molecule has 0 unspecified atom stereocenters. The molecular formula is C18H26ClIN4S. The van der Waals surface area contributed by atoms with Gasteiger partial charge in [-0.1, -0.05) is 23.7 Å². The maximum absolute atomic E-state index is 5.90. The number of thiazole rings is 1. The molecule has 0 fully saturated rings. The molecule has 1 aromatic carbocycles. The molecule has 0 spiro atoms. The zero-order valence-electron chi connectivity index (χ0n) is 14.7. The van der Waals surface area contributed by atoms with Crippen LogP contribution < -0.4 is 10.6 Å². The molecule has 2 N–H and O–H groups in total. The smallest absolute Gasteiger partial charge is 0.191 e. The van der Waals surface area contributed by atoms with Gasteiger partial charge in [-0.15, -0.1) is 35.3 Å². The van der Waals surface area contributed by atoms with Crippen molar-refractivity contribution in [3.63, 3.8) is 0 Å². The lowest BCUT2D eigenvalue weighted by molar-refractivity contribution is 0.771. The van der Waals surface area contributed by atoms with Gasteiger partial charge in [-0.3, -0.25) is 4.99 Å². The maximum Gasteiger partial charge on any atom is 0.191 e. The average molecular weight is 493 g/mol. The van der Waals surface area contributed by atoms with Crippen molar-refractivity contribution in [2.75, 3.05) is 19.6 Å². The zero-order valence-corrected chi connectivity index (χ0v) is 18.6. The fourth-order valence-electron chi connectivity index (χ4n) is 2.30. The predicted octanol–water partition coefficient (Wildman–Crippen LogP) is 4.45. The third-order valence-corrected chi connectivity index (χ3v) is 4.57. The molecule has 0 saturated heterocycles. The topological polar surface area (TPSA) is 49.3 Å². The highest BCUT2D eigenvalue weighted by atomic mass is 127. The Hall–Kier alpha value is -0.860. The standard InChI is InChI=1S/C18H25ClN4S.HI/c1-3-20-18(22-12-10-17-13-24-14(2)23-17)21-11-4-5-15-6-8-16(19)9-7-15;/h6-9,13H,3-5,10-12H2,1-2H3,(H2,20,21,22);1H. The van der Waals surface area contributed by atoms with Crippen LogP contribution in [0.2, 0.25) is 5.02 Å². The van der Waals surface area contributed by atoms with Gasteiger partial charge in [-0.2, -0.15) is 0 Å². The summed E-state index contributed by atoms with van der Waals surface area (Å²) in [6.07, 6.45) is 2.95. The Balaban J connectivity index is 0.00000312. The summed E-state index contributed by atoms with van der Waals surface area (Å²) in [4.78, 5) is 9.11.